The van der Waals surface area contributed by atoms with Crippen molar-refractivity contribution in [1.82, 2.24) is 4.90 Å². The zero-order chi connectivity index (χ0) is 11.4. The molecule has 0 bridgehead atoms. The molecule has 0 radical (unpaired) electrons. The first-order chi connectivity index (χ1) is 6.99. The van der Waals surface area contributed by atoms with Crippen molar-refractivity contribution in [2.75, 3.05) is 13.6 Å². The van der Waals surface area contributed by atoms with Gasteiger partial charge in [-0.2, -0.15) is 0 Å². The molecule has 3 unspecified atom stereocenters. The molecule has 1 aliphatic rings. The van der Waals surface area contributed by atoms with Crippen LogP contribution >= 0.6 is 0 Å². The summed E-state index contributed by atoms with van der Waals surface area (Å²) < 4.78 is 0. The quantitative estimate of drug-likeness (QED) is 0.775. The maximum absolute atomic E-state index is 9.28. The Kier molecular flexibility index (Phi) is 5.07. The van der Waals surface area contributed by atoms with Gasteiger partial charge in [-0.05, 0) is 51.5 Å². The second kappa shape index (κ2) is 5.86. The molecule has 0 aromatic carbocycles. The van der Waals surface area contributed by atoms with Crippen molar-refractivity contribution in [2.45, 2.75) is 58.6 Å². The highest BCUT2D eigenvalue weighted by Crippen LogP contribution is 2.31. The van der Waals surface area contributed by atoms with E-state index in [4.69, 9.17) is 0 Å². The maximum Gasteiger partial charge on any atom is 0.0524 e. The molecule has 2 nitrogen and oxygen atoms in total. The Hall–Kier alpha value is -0.0800. The maximum atomic E-state index is 9.28. The average molecular weight is 213 g/mol. The largest absolute Gasteiger partial charge is 0.393 e. The molecule has 0 aliphatic heterocycles. The summed E-state index contributed by atoms with van der Waals surface area (Å²) in [5.41, 5.74) is 0. The van der Waals surface area contributed by atoms with Crippen molar-refractivity contribution >= 4 is 0 Å². The second-order valence-corrected chi connectivity index (χ2v) is 5.69. The van der Waals surface area contributed by atoms with Crippen LogP contribution in [0.3, 0.4) is 0 Å². The van der Waals surface area contributed by atoms with Crippen LogP contribution < -0.4 is 0 Å². The summed E-state index contributed by atoms with van der Waals surface area (Å²) in [5, 5.41) is 9.28. The van der Waals surface area contributed by atoms with E-state index in [-0.39, 0.29) is 6.10 Å². The Balaban J connectivity index is 2.34. The van der Waals surface area contributed by atoms with E-state index in [0.717, 1.165) is 30.8 Å². The van der Waals surface area contributed by atoms with E-state index in [2.05, 4.69) is 25.8 Å². The molecule has 2 heteroatoms. The van der Waals surface area contributed by atoms with Gasteiger partial charge in [-0.15, -0.1) is 0 Å². The Morgan fingerprint density at radius 1 is 1.20 bits per heavy atom. The van der Waals surface area contributed by atoms with Gasteiger partial charge in [0.05, 0.1) is 6.10 Å². The van der Waals surface area contributed by atoms with Crippen molar-refractivity contribution in [3.63, 3.8) is 0 Å². The van der Waals surface area contributed by atoms with Gasteiger partial charge in [0.25, 0.3) is 0 Å². The van der Waals surface area contributed by atoms with Gasteiger partial charge in [-0.25, -0.2) is 0 Å². The van der Waals surface area contributed by atoms with E-state index >= 15 is 0 Å². The van der Waals surface area contributed by atoms with Crippen LogP contribution in [-0.2, 0) is 0 Å². The standard InChI is InChI=1S/C13H27NO/c1-10-7-11(2)9-13(8-10)14(4)6-5-12(3)15/h10-13,15H,5-9H2,1-4H3. The summed E-state index contributed by atoms with van der Waals surface area (Å²) in [7, 11) is 2.21. The summed E-state index contributed by atoms with van der Waals surface area (Å²) in [6.45, 7) is 7.64. The number of aliphatic hydroxyl groups excluding tert-OH is 1. The zero-order valence-electron chi connectivity index (χ0n) is 10.7. The summed E-state index contributed by atoms with van der Waals surface area (Å²) in [5.74, 6) is 1.74. The summed E-state index contributed by atoms with van der Waals surface area (Å²) in [4.78, 5) is 2.44. The molecule has 3 atom stereocenters. The van der Waals surface area contributed by atoms with Gasteiger partial charge in [0.15, 0.2) is 0 Å². The number of aliphatic hydroxyl groups is 1. The molecule has 1 aliphatic carbocycles. The van der Waals surface area contributed by atoms with Crippen LogP contribution in [0.1, 0.15) is 46.5 Å². The van der Waals surface area contributed by atoms with Gasteiger partial charge < -0.3 is 10.0 Å². The van der Waals surface area contributed by atoms with Gasteiger partial charge in [0, 0.05) is 12.6 Å². The van der Waals surface area contributed by atoms with E-state index in [0.29, 0.717) is 0 Å². The van der Waals surface area contributed by atoms with Crippen molar-refractivity contribution in [3.05, 3.63) is 0 Å². The number of hydrogen-bond donors (Lipinski definition) is 1. The van der Waals surface area contributed by atoms with Gasteiger partial charge in [0.1, 0.15) is 0 Å². The van der Waals surface area contributed by atoms with Crippen LogP contribution in [-0.4, -0.2) is 35.7 Å². The van der Waals surface area contributed by atoms with Crippen LogP contribution in [0.2, 0.25) is 0 Å². The molecule has 1 rings (SSSR count). The van der Waals surface area contributed by atoms with Crippen LogP contribution in [0.15, 0.2) is 0 Å². The fraction of sp³-hybridized carbons (Fsp3) is 1.00. The molecule has 90 valence electrons. The topological polar surface area (TPSA) is 23.5 Å². The predicted octanol–water partition coefficient (Wildman–Crippen LogP) is 2.51. The van der Waals surface area contributed by atoms with E-state index < -0.39 is 0 Å². The molecule has 1 fully saturated rings. The molecule has 0 aromatic heterocycles. The lowest BCUT2D eigenvalue weighted by Gasteiger charge is -2.37. The Bertz CT molecular complexity index is 171. The van der Waals surface area contributed by atoms with Crippen molar-refractivity contribution in [2.24, 2.45) is 11.8 Å². The highest BCUT2D eigenvalue weighted by Gasteiger charge is 2.26. The van der Waals surface area contributed by atoms with Crippen LogP contribution in [0, 0.1) is 11.8 Å². The van der Waals surface area contributed by atoms with Crippen molar-refractivity contribution in [3.8, 4) is 0 Å². The van der Waals surface area contributed by atoms with Gasteiger partial charge >= 0.3 is 0 Å². The third kappa shape index (κ3) is 4.52. The lowest BCUT2D eigenvalue weighted by molar-refractivity contribution is 0.108. The predicted molar refractivity (Wildman–Crippen MR) is 64.9 cm³/mol. The summed E-state index contributed by atoms with van der Waals surface area (Å²) in [6.07, 6.45) is 4.79. The van der Waals surface area contributed by atoms with Crippen LogP contribution in [0.4, 0.5) is 0 Å². The van der Waals surface area contributed by atoms with E-state index in [1.807, 2.05) is 6.92 Å². The van der Waals surface area contributed by atoms with Gasteiger partial charge in [-0.1, -0.05) is 13.8 Å². The van der Waals surface area contributed by atoms with E-state index in [9.17, 15) is 5.11 Å². The third-order valence-corrected chi connectivity index (χ3v) is 3.68. The van der Waals surface area contributed by atoms with Crippen molar-refractivity contribution < 1.29 is 5.11 Å². The smallest absolute Gasteiger partial charge is 0.0524 e. The summed E-state index contributed by atoms with van der Waals surface area (Å²) in [6, 6.07) is 0.738. The first-order valence-electron chi connectivity index (χ1n) is 6.37. The van der Waals surface area contributed by atoms with Crippen LogP contribution in [0.25, 0.3) is 0 Å². The minimum atomic E-state index is -0.161. The molecular weight excluding hydrogens is 186 g/mol. The third-order valence-electron chi connectivity index (χ3n) is 3.68. The lowest BCUT2D eigenvalue weighted by atomic mass is 9.80. The second-order valence-electron chi connectivity index (χ2n) is 5.69. The minimum Gasteiger partial charge on any atom is -0.393 e. The number of hydrogen-bond acceptors (Lipinski definition) is 2. The molecule has 1 N–H and O–H groups in total. The van der Waals surface area contributed by atoms with Gasteiger partial charge in [0.2, 0.25) is 0 Å². The Labute approximate surface area is 94.7 Å². The molecular formula is C13H27NO. The molecule has 0 saturated heterocycles. The molecule has 0 heterocycles. The molecule has 15 heavy (non-hydrogen) atoms. The molecule has 0 amide bonds. The first kappa shape index (κ1) is 13.0. The number of nitrogens with zero attached hydrogens (tertiary/aromatic N) is 1. The van der Waals surface area contributed by atoms with Gasteiger partial charge in [-0.3, -0.25) is 0 Å². The van der Waals surface area contributed by atoms with E-state index in [1.54, 1.807) is 0 Å². The van der Waals surface area contributed by atoms with Crippen molar-refractivity contribution in [1.29, 1.82) is 0 Å². The zero-order valence-corrected chi connectivity index (χ0v) is 10.7. The lowest BCUT2D eigenvalue weighted by Crippen LogP contribution is -2.39. The Morgan fingerprint density at radius 2 is 1.73 bits per heavy atom. The fourth-order valence-electron chi connectivity index (χ4n) is 2.84. The Morgan fingerprint density at radius 3 is 2.20 bits per heavy atom. The minimum absolute atomic E-state index is 0.161. The van der Waals surface area contributed by atoms with E-state index in [1.165, 1.54) is 19.3 Å². The first-order valence-corrected chi connectivity index (χ1v) is 6.37. The number of rotatable bonds is 4. The average Bonchev–Trinajstić information content (AvgIpc) is 2.12. The fourth-order valence-corrected chi connectivity index (χ4v) is 2.84. The normalized spacial score (nSPS) is 34.4. The molecule has 1 saturated carbocycles. The molecule has 0 spiro atoms. The highest BCUT2D eigenvalue weighted by atomic mass is 16.3. The molecule has 0 aromatic rings. The van der Waals surface area contributed by atoms with Crippen LogP contribution in [0.5, 0.6) is 0 Å². The SMILES string of the molecule is CC(O)CCN(C)C1CC(C)CC(C)C1. The highest BCUT2D eigenvalue weighted by molar-refractivity contribution is 4.80. The summed E-state index contributed by atoms with van der Waals surface area (Å²) >= 11 is 0. The monoisotopic (exact) mass is 213 g/mol.